The van der Waals surface area contributed by atoms with Gasteiger partial charge in [-0.25, -0.2) is 4.79 Å². The van der Waals surface area contributed by atoms with E-state index in [9.17, 15) is 9.70 Å². The Morgan fingerprint density at radius 3 is 2.52 bits per heavy atom. The summed E-state index contributed by atoms with van der Waals surface area (Å²) in [6.45, 7) is 0. The largest absolute Gasteiger partial charge is 0.350 e. The van der Waals surface area contributed by atoms with Crippen molar-refractivity contribution in [2.75, 3.05) is 5.43 Å². The van der Waals surface area contributed by atoms with Gasteiger partial charge in [-0.2, -0.15) is 0 Å². The molecule has 0 aliphatic carbocycles. The van der Waals surface area contributed by atoms with Crippen molar-refractivity contribution in [2.24, 2.45) is 10.9 Å². The van der Waals surface area contributed by atoms with Crippen LogP contribution in [0.2, 0.25) is 0 Å². The van der Waals surface area contributed by atoms with Gasteiger partial charge in [0.05, 0.1) is 11.2 Å². The molecule has 21 heavy (non-hydrogen) atoms. The number of carbonyl (C=O) groups excluding carboxylic acids is 1. The number of primary amides is 1. The van der Waals surface area contributed by atoms with E-state index < -0.39 is 6.03 Å². The number of nitroso groups, excluding NO2 is 1. The Bertz CT molecular complexity index is 862. The Balaban J connectivity index is 2.40. The maximum absolute atomic E-state index is 11.3. The third-order valence-electron chi connectivity index (χ3n) is 3.15. The zero-order chi connectivity index (χ0) is 14.8. The highest BCUT2D eigenvalue weighted by atomic mass is 16.3. The number of anilines is 1. The summed E-state index contributed by atoms with van der Waals surface area (Å²) >= 11 is 0. The van der Waals surface area contributed by atoms with Gasteiger partial charge in [0, 0.05) is 22.4 Å². The molecule has 1 aromatic heterocycles. The minimum absolute atomic E-state index is 0.172. The molecular weight excluding hydrogens is 270 g/mol. The van der Waals surface area contributed by atoms with E-state index in [0.29, 0.717) is 22.0 Å². The zero-order valence-electron chi connectivity index (χ0n) is 10.8. The second-order valence-electron chi connectivity index (χ2n) is 4.37. The number of benzene rings is 2. The third-order valence-corrected chi connectivity index (χ3v) is 3.15. The van der Waals surface area contributed by atoms with E-state index in [1.807, 2.05) is 24.3 Å². The maximum atomic E-state index is 11.3. The van der Waals surface area contributed by atoms with Crippen LogP contribution in [0.1, 0.15) is 0 Å². The summed E-state index contributed by atoms with van der Waals surface area (Å²) in [5.41, 5.74) is 11.2. The van der Waals surface area contributed by atoms with Gasteiger partial charge in [-0.3, -0.25) is 15.8 Å². The van der Waals surface area contributed by atoms with Crippen LogP contribution in [0.15, 0.2) is 47.8 Å². The van der Waals surface area contributed by atoms with Crippen molar-refractivity contribution >= 4 is 39.1 Å². The molecule has 0 saturated heterocycles. The quantitative estimate of drug-likeness (QED) is 0.389. The molecule has 0 bridgehead atoms. The Morgan fingerprint density at radius 1 is 1.10 bits per heavy atom. The summed E-state index contributed by atoms with van der Waals surface area (Å²) < 4.78 is 0. The van der Waals surface area contributed by atoms with Crippen LogP contribution in [-0.4, -0.2) is 11.0 Å². The van der Waals surface area contributed by atoms with Gasteiger partial charge < -0.3 is 5.73 Å². The number of hydrogen-bond donors (Lipinski definition) is 3. The maximum Gasteiger partial charge on any atom is 0.330 e. The Kier molecular flexibility index (Phi) is 3.07. The highest BCUT2D eigenvalue weighted by Gasteiger charge is 2.15. The van der Waals surface area contributed by atoms with Crippen molar-refractivity contribution in [3.05, 3.63) is 47.5 Å². The van der Waals surface area contributed by atoms with Crippen LogP contribution in [-0.2, 0) is 0 Å². The summed E-state index contributed by atoms with van der Waals surface area (Å²) in [5.74, 6) is 0. The molecule has 7 heteroatoms. The number of pyridine rings is 1. The van der Waals surface area contributed by atoms with Gasteiger partial charge in [-0.1, -0.05) is 24.3 Å². The standard InChI is InChI=1S/C14H11N5O2/c15-14(20)18-17-12-9-5-2-1-4-8(9)11-10(13(12)19-21)6-3-7-16-11/h1-7,17H,(H3,15,18,20). The smallest absolute Gasteiger partial charge is 0.330 e. The van der Waals surface area contributed by atoms with Gasteiger partial charge >= 0.3 is 6.03 Å². The molecule has 3 aromatic rings. The number of amides is 2. The Hall–Kier alpha value is -3.22. The van der Waals surface area contributed by atoms with Gasteiger partial charge in [0.2, 0.25) is 0 Å². The van der Waals surface area contributed by atoms with E-state index in [0.717, 1.165) is 5.39 Å². The van der Waals surface area contributed by atoms with Crippen molar-refractivity contribution in [1.29, 1.82) is 0 Å². The van der Waals surface area contributed by atoms with Crippen LogP contribution in [0.5, 0.6) is 0 Å². The van der Waals surface area contributed by atoms with Gasteiger partial charge in [0.25, 0.3) is 0 Å². The summed E-state index contributed by atoms with van der Waals surface area (Å²) in [7, 11) is 0. The molecule has 4 N–H and O–H groups in total. The van der Waals surface area contributed by atoms with Crippen LogP contribution in [0.4, 0.5) is 16.2 Å². The highest BCUT2D eigenvalue weighted by Crippen LogP contribution is 2.40. The molecule has 1 heterocycles. The summed E-state index contributed by atoms with van der Waals surface area (Å²) in [4.78, 5) is 26.5. The van der Waals surface area contributed by atoms with Crippen LogP contribution in [0.3, 0.4) is 0 Å². The fourth-order valence-electron chi connectivity index (χ4n) is 2.33. The average Bonchev–Trinajstić information content (AvgIpc) is 2.52. The molecule has 104 valence electrons. The lowest BCUT2D eigenvalue weighted by Crippen LogP contribution is -2.34. The second-order valence-corrected chi connectivity index (χ2v) is 4.37. The van der Waals surface area contributed by atoms with Crippen molar-refractivity contribution in [1.82, 2.24) is 10.4 Å². The number of nitrogens with zero attached hydrogens (tertiary/aromatic N) is 2. The molecule has 0 aliphatic heterocycles. The van der Waals surface area contributed by atoms with E-state index in [4.69, 9.17) is 5.73 Å². The molecule has 0 atom stereocenters. The Morgan fingerprint density at radius 2 is 1.81 bits per heavy atom. The van der Waals surface area contributed by atoms with Crippen LogP contribution in [0.25, 0.3) is 21.7 Å². The highest BCUT2D eigenvalue weighted by molar-refractivity contribution is 6.17. The number of nitrogens with one attached hydrogen (secondary N) is 2. The molecule has 3 rings (SSSR count). The number of aromatic nitrogens is 1. The van der Waals surface area contributed by atoms with Gasteiger partial charge in [-0.15, -0.1) is 4.91 Å². The zero-order valence-corrected chi connectivity index (χ0v) is 10.8. The van der Waals surface area contributed by atoms with Crippen molar-refractivity contribution in [3.63, 3.8) is 0 Å². The third kappa shape index (κ3) is 2.10. The van der Waals surface area contributed by atoms with E-state index in [1.54, 1.807) is 18.3 Å². The minimum atomic E-state index is -0.762. The number of urea groups is 1. The predicted octanol–water partition coefficient (Wildman–Crippen LogP) is 2.78. The number of hydrogen-bond acceptors (Lipinski definition) is 5. The molecule has 0 unspecified atom stereocenters. The first-order valence-electron chi connectivity index (χ1n) is 6.16. The summed E-state index contributed by atoms with van der Waals surface area (Å²) in [6.07, 6.45) is 1.65. The lowest BCUT2D eigenvalue weighted by Gasteiger charge is -2.14. The monoisotopic (exact) mass is 281 g/mol. The van der Waals surface area contributed by atoms with E-state index >= 15 is 0 Å². The van der Waals surface area contributed by atoms with Gasteiger partial charge in [0.15, 0.2) is 0 Å². The first-order chi connectivity index (χ1) is 10.2. The summed E-state index contributed by atoms with van der Waals surface area (Å²) in [6, 6.07) is 10.1. The molecule has 0 fully saturated rings. The number of hydrazine groups is 1. The SMILES string of the molecule is NC(=O)NNc1c(N=O)c2cccnc2c2ccccc12. The number of fused-ring (bicyclic) bond motifs is 3. The number of rotatable bonds is 3. The van der Waals surface area contributed by atoms with Crippen LogP contribution >= 0.6 is 0 Å². The fourth-order valence-corrected chi connectivity index (χ4v) is 2.33. The number of carbonyl (C=O) groups is 1. The first kappa shape index (κ1) is 12.8. The normalized spacial score (nSPS) is 10.5. The molecule has 0 radical (unpaired) electrons. The number of nitrogens with two attached hydrogens (primary N) is 1. The molecule has 7 nitrogen and oxygen atoms in total. The fraction of sp³-hybridized carbons (Fsp3) is 0. The average molecular weight is 281 g/mol. The van der Waals surface area contributed by atoms with Crippen LogP contribution in [0, 0.1) is 4.91 Å². The molecule has 2 aromatic carbocycles. The van der Waals surface area contributed by atoms with E-state index in [2.05, 4.69) is 21.0 Å². The van der Waals surface area contributed by atoms with Gasteiger partial charge in [-0.05, 0) is 17.3 Å². The van der Waals surface area contributed by atoms with Crippen molar-refractivity contribution in [3.8, 4) is 0 Å². The van der Waals surface area contributed by atoms with E-state index in [-0.39, 0.29) is 5.69 Å². The molecule has 0 saturated carbocycles. The van der Waals surface area contributed by atoms with Crippen LogP contribution < -0.4 is 16.6 Å². The van der Waals surface area contributed by atoms with Crippen molar-refractivity contribution < 1.29 is 4.79 Å². The molecule has 0 spiro atoms. The lowest BCUT2D eigenvalue weighted by molar-refractivity contribution is 0.250. The summed E-state index contributed by atoms with van der Waals surface area (Å²) in [5, 5.41) is 5.24. The Labute approximate surface area is 119 Å². The first-order valence-corrected chi connectivity index (χ1v) is 6.16. The van der Waals surface area contributed by atoms with Gasteiger partial charge in [0.1, 0.15) is 5.69 Å². The van der Waals surface area contributed by atoms with Crippen molar-refractivity contribution in [2.45, 2.75) is 0 Å². The van der Waals surface area contributed by atoms with E-state index in [1.165, 1.54) is 0 Å². The topological polar surface area (TPSA) is 109 Å². The second kappa shape index (κ2) is 5.04. The lowest BCUT2D eigenvalue weighted by atomic mass is 10.0. The molecule has 0 aliphatic rings. The molecule has 2 amide bonds. The predicted molar refractivity (Wildman–Crippen MR) is 81.0 cm³/mol. The minimum Gasteiger partial charge on any atom is -0.350 e. The molecular formula is C14H11N5O2.